The second-order valence-electron chi connectivity index (χ2n) is 3.72. The molecule has 19 heavy (non-hydrogen) atoms. The lowest BCUT2D eigenvalue weighted by Crippen LogP contribution is -2.04. The van der Waals surface area contributed by atoms with Crippen LogP contribution >= 0.6 is 0 Å². The van der Waals surface area contributed by atoms with Crippen LogP contribution in [0.3, 0.4) is 0 Å². The summed E-state index contributed by atoms with van der Waals surface area (Å²) in [5.74, 6) is 0.307. The summed E-state index contributed by atoms with van der Waals surface area (Å²) in [5.41, 5.74) is 7.28. The second kappa shape index (κ2) is 5.07. The maximum Gasteiger partial charge on any atom is 0.169 e. The average molecular weight is 250 g/mol. The minimum Gasteiger partial charge on any atom is -0.492 e. The smallest absolute Gasteiger partial charge is 0.169 e. The van der Waals surface area contributed by atoms with Crippen molar-refractivity contribution >= 4 is 5.69 Å². The van der Waals surface area contributed by atoms with Crippen molar-refractivity contribution in [1.29, 1.82) is 10.5 Å². The van der Waals surface area contributed by atoms with E-state index in [0.29, 0.717) is 11.4 Å². The first kappa shape index (κ1) is 12.4. The summed E-state index contributed by atoms with van der Waals surface area (Å²) in [5, 5.41) is 18.1. The predicted molar refractivity (Wildman–Crippen MR) is 70.1 cm³/mol. The topological polar surface area (TPSA) is 95.7 Å². The maximum atomic E-state index is 9.05. The van der Waals surface area contributed by atoms with E-state index in [9.17, 15) is 0 Å². The second-order valence-corrected chi connectivity index (χ2v) is 3.72. The molecule has 5 heteroatoms. The van der Waals surface area contributed by atoms with Crippen LogP contribution in [0.15, 0.2) is 30.3 Å². The van der Waals surface area contributed by atoms with E-state index in [1.54, 1.807) is 0 Å². The molecule has 2 rings (SSSR count). The van der Waals surface area contributed by atoms with E-state index in [1.165, 1.54) is 7.11 Å². The minimum absolute atomic E-state index is 0.000321. The van der Waals surface area contributed by atoms with Gasteiger partial charge in [0.2, 0.25) is 0 Å². The molecule has 1 heterocycles. The highest BCUT2D eigenvalue weighted by atomic mass is 16.5. The Morgan fingerprint density at radius 2 is 1.84 bits per heavy atom. The van der Waals surface area contributed by atoms with Crippen LogP contribution in [0.4, 0.5) is 5.69 Å². The zero-order chi connectivity index (χ0) is 13.8. The zero-order valence-corrected chi connectivity index (χ0v) is 10.2. The molecule has 0 amide bonds. The summed E-state index contributed by atoms with van der Waals surface area (Å²) in [6.07, 6.45) is 0. The molecule has 0 radical (unpaired) electrons. The third-order valence-electron chi connectivity index (χ3n) is 2.66. The van der Waals surface area contributed by atoms with Gasteiger partial charge in [0.15, 0.2) is 11.4 Å². The molecule has 0 spiro atoms. The van der Waals surface area contributed by atoms with Crippen molar-refractivity contribution < 1.29 is 4.74 Å². The Hall–Kier alpha value is -3.05. The molecule has 0 aliphatic rings. The molecule has 0 fully saturated rings. The van der Waals surface area contributed by atoms with E-state index < -0.39 is 0 Å². The van der Waals surface area contributed by atoms with E-state index in [1.807, 2.05) is 42.5 Å². The van der Waals surface area contributed by atoms with Crippen molar-refractivity contribution in [2.75, 3.05) is 12.8 Å². The van der Waals surface area contributed by atoms with Gasteiger partial charge in [0, 0.05) is 5.56 Å². The summed E-state index contributed by atoms with van der Waals surface area (Å²) >= 11 is 0. The van der Waals surface area contributed by atoms with Crippen LogP contribution < -0.4 is 10.5 Å². The molecule has 0 saturated heterocycles. The van der Waals surface area contributed by atoms with Gasteiger partial charge in [-0.05, 0) is 0 Å². The largest absolute Gasteiger partial charge is 0.492 e. The fourth-order valence-corrected chi connectivity index (χ4v) is 1.78. The number of anilines is 1. The Bertz CT molecular complexity index is 696. The highest BCUT2D eigenvalue weighted by Crippen LogP contribution is 2.36. The van der Waals surface area contributed by atoms with Crippen LogP contribution in [-0.4, -0.2) is 12.1 Å². The van der Waals surface area contributed by atoms with Crippen molar-refractivity contribution in [2.24, 2.45) is 0 Å². The van der Waals surface area contributed by atoms with Gasteiger partial charge in [0.05, 0.1) is 12.8 Å². The summed E-state index contributed by atoms with van der Waals surface area (Å²) in [6.45, 7) is 0. The summed E-state index contributed by atoms with van der Waals surface area (Å²) in [7, 11) is 1.45. The van der Waals surface area contributed by atoms with Crippen molar-refractivity contribution in [3.8, 4) is 29.1 Å². The number of nitriles is 2. The number of nitrogens with two attached hydrogens (primary N) is 1. The van der Waals surface area contributed by atoms with E-state index in [4.69, 9.17) is 21.0 Å². The first-order valence-electron chi connectivity index (χ1n) is 5.46. The normalized spacial score (nSPS) is 9.42. The van der Waals surface area contributed by atoms with E-state index in [-0.39, 0.29) is 16.9 Å². The SMILES string of the molecule is COc1c(-c2ccccc2)nc(C#N)c(C#N)c1N. The lowest BCUT2D eigenvalue weighted by atomic mass is 10.1. The van der Waals surface area contributed by atoms with Gasteiger partial charge in [-0.1, -0.05) is 30.3 Å². The molecule has 0 aliphatic heterocycles. The van der Waals surface area contributed by atoms with Crippen LogP contribution in [0, 0.1) is 22.7 Å². The van der Waals surface area contributed by atoms with Crippen molar-refractivity contribution in [3.05, 3.63) is 41.6 Å². The maximum absolute atomic E-state index is 9.05. The zero-order valence-electron chi connectivity index (χ0n) is 10.2. The molecule has 2 aromatic rings. The minimum atomic E-state index is -0.000321. The molecular formula is C14H10N4O. The average Bonchev–Trinajstić information content (AvgIpc) is 2.47. The molecule has 0 unspecified atom stereocenters. The van der Waals surface area contributed by atoms with Crippen LogP contribution in [0.1, 0.15) is 11.3 Å². The Balaban J connectivity index is 2.80. The standard InChI is InChI=1S/C14H10N4O/c1-19-14-12(17)10(7-15)11(8-16)18-13(14)9-5-3-2-4-6-9/h2-6H,1H3,(H2,17,18). The third kappa shape index (κ3) is 2.05. The Morgan fingerprint density at radius 1 is 1.16 bits per heavy atom. The quantitative estimate of drug-likeness (QED) is 0.880. The Kier molecular flexibility index (Phi) is 3.31. The number of benzene rings is 1. The van der Waals surface area contributed by atoms with Crippen LogP contribution in [0.2, 0.25) is 0 Å². The summed E-state index contributed by atoms with van der Waals surface area (Å²) in [4.78, 5) is 4.18. The fourth-order valence-electron chi connectivity index (χ4n) is 1.78. The third-order valence-corrected chi connectivity index (χ3v) is 2.66. The number of hydrogen-bond donors (Lipinski definition) is 1. The summed E-state index contributed by atoms with van der Waals surface area (Å²) in [6, 6.07) is 13.0. The fraction of sp³-hybridized carbons (Fsp3) is 0.0714. The molecule has 92 valence electrons. The molecule has 5 nitrogen and oxygen atoms in total. The molecule has 0 atom stereocenters. The number of pyridine rings is 1. The molecule has 1 aromatic carbocycles. The lowest BCUT2D eigenvalue weighted by Gasteiger charge is -2.12. The molecular weight excluding hydrogens is 240 g/mol. The summed E-state index contributed by atoms with van der Waals surface area (Å²) < 4.78 is 5.22. The number of nitrogen functional groups attached to an aromatic ring is 1. The van der Waals surface area contributed by atoms with Crippen LogP contribution in [0.5, 0.6) is 5.75 Å². The van der Waals surface area contributed by atoms with Crippen molar-refractivity contribution in [3.63, 3.8) is 0 Å². The van der Waals surface area contributed by atoms with Gasteiger partial charge in [-0.3, -0.25) is 0 Å². The van der Waals surface area contributed by atoms with Crippen LogP contribution in [0.25, 0.3) is 11.3 Å². The van der Waals surface area contributed by atoms with Gasteiger partial charge in [0.25, 0.3) is 0 Å². The highest BCUT2D eigenvalue weighted by molar-refractivity contribution is 5.79. The lowest BCUT2D eigenvalue weighted by molar-refractivity contribution is 0.417. The van der Waals surface area contributed by atoms with Gasteiger partial charge < -0.3 is 10.5 Å². The van der Waals surface area contributed by atoms with Crippen molar-refractivity contribution in [2.45, 2.75) is 0 Å². The van der Waals surface area contributed by atoms with Gasteiger partial charge in [-0.2, -0.15) is 10.5 Å². The first-order chi connectivity index (χ1) is 9.22. The Labute approximate surface area is 110 Å². The van der Waals surface area contributed by atoms with E-state index in [0.717, 1.165) is 5.56 Å². The molecule has 0 saturated carbocycles. The molecule has 2 N–H and O–H groups in total. The number of aromatic nitrogens is 1. The van der Waals surface area contributed by atoms with Crippen molar-refractivity contribution in [1.82, 2.24) is 4.98 Å². The molecule has 0 aliphatic carbocycles. The number of ether oxygens (including phenoxy) is 1. The van der Waals surface area contributed by atoms with E-state index >= 15 is 0 Å². The van der Waals surface area contributed by atoms with Crippen LogP contribution in [-0.2, 0) is 0 Å². The number of hydrogen-bond acceptors (Lipinski definition) is 5. The van der Waals surface area contributed by atoms with Gasteiger partial charge >= 0.3 is 0 Å². The highest BCUT2D eigenvalue weighted by Gasteiger charge is 2.19. The number of nitrogens with zero attached hydrogens (tertiary/aromatic N) is 3. The van der Waals surface area contributed by atoms with Gasteiger partial charge in [0.1, 0.15) is 23.4 Å². The number of rotatable bonds is 2. The molecule has 0 bridgehead atoms. The monoisotopic (exact) mass is 250 g/mol. The van der Waals surface area contributed by atoms with E-state index in [2.05, 4.69) is 4.98 Å². The Morgan fingerprint density at radius 3 is 2.37 bits per heavy atom. The van der Waals surface area contributed by atoms with Gasteiger partial charge in [-0.15, -0.1) is 0 Å². The number of methoxy groups -OCH3 is 1. The van der Waals surface area contributed by atoms with Gasteiger partial charge in [-0.25, -0.2) is 4.98 Å². The first-order valence-corrected chi connectivity index (χ1v) is 5.46. The predicted octanol–water partition coefficient (Wildman–Crippen LogP) is 2.08. The molecule has 1 aromatic heterocycles.